The number of anilines is 1. The van der Waals surface area contributed by atoms with E-state index in [1.807, 2.05) is 24.3 Å². The van der Waals surface area contributed by atoms with Crippen LogP contribution in [0.2, 0.25) is 0 Å². The smallest absolute Gasteiger partial charge is 0.426 e. The van der Waals surface area contributed by atoms with Crippen LogP contribution in [0.4, 0.5) is 23.7 Å². The van der Waals surface area contributed by atoms with Crippen molar-refractivity contribution in [3.63, 3.8) is 0 Å². The molecular formula is C22H24BrF3N2O3. The fourth-order valence-corrected chi connectivity index (χ4v) is 3.91. The molecule has 1 amide bonds. The van der Waals surface area contributed by atoms with Crippen LogP contribution in [-0.4, -0.2) is 50.0 Å². The number of likely N-dealkylation sites (tertiary alicyclic amines) is 1. The first-order valence-electron chi connectivity index (χ1n) is 9.91. The Labute approximate surface area is 187 Å². The number of nitrogens with one attached hydrogen (secondary N) is 1. The summed E-state index contributed by atoms with van der Waals surface area (Å²) in [6.45, 7) is 0.569. The maximum Gasteiger partial charge on any atom is 0.426 e. The second kappa shape index (κ2) is 10.4. The number of alkyl halides is 3. The van der Waals surface area contributed by atoms with Gasteiger partial charge in [0.15, 0.2) is 0 Å². The highest BCUT2D eigenvalue weighted by atomic mass is 79.9. The molecule has 3 rings (SSSR count). The molecule has 5 nitrogen and oxygen atoms in total. The summed E-state index contributed by atoms with van der Waals surface area (Å²) >= 11 is 3.26. The lowest BCUT2D eigenvalue weighted by Gasteiger charge is -2.35. The van der Waals surface area contributed by atoms with Gasteiger partial charge in [0.05, 0.1) is 7.11 Å². The van der Waals surface area contributed by atoms with Gasteiger partial charge < -0.3 is 9.47 Å². The minimum absolute atomic E-state index is 0.0920. The first-order chi connectivity index (χ1) is 14.7. The first-order valence-corrected chi connectivity index (χ1v) is 10.7. The molecule has 1 fully saturated rings. The molecule has 1 saturated heterocycles. The number of piperidine rings is 1. The Bertz CT molecular complexity index is 877. The van der Waals surface area contributed by atoms with Crippen molar-refractivity contribution < 1.29 is 27.4 Å². The number of ether oxygens (including phenoxy) is 2. The van der Waals surface area contributed by atoms with Gasteiger partial charge in [0.25, 0.3) is 0 Å². The van der Waals surface area contributed by atoms with E-state index in [4.69, 9.17) is 9.47 Å². The molecule has 1 aliphatic rings. The van der Waals surface area contributed by atoms with E-state index in [1.54, 1.807) is 36.3 Å². The van der Waals surface area contributed by atoms with E-state index in [2.05, 4.69) is 21.2 Å². The molecule has 2 atom stereocenters. The highest BCUT2D eigenvalue weighted by molar-refractivity contribution is 9.10. The van der Waals surface area contributed by atoms with Gasteiger partial charge in [0.2, 0.25) is 6.10 Å². The molecule has 31 heavy (non-hydrogen) atoms. The predicted octanol–water partition coefficient (Wildman–Crippen LogP) is 5.82. The Morgan fingerprint density at radius 3 is 2.68 bits per heavy atom. The van der Waals surface area contributed by atoms with E-state index in [-0.39, 0.29) is 5.92 Å². The van der Waals surface area contributed by atoms with Gasteiger partial charge in [-0.25, -0.2) is 4.79 Å². The fraction of sp³-hybridized carbons (Fsp3) is 0.409. The minimum atomic E-state index is -4.67. The molecule has 0 saturated carbocycles. The number of hydrogen-bond donors (Lipinski definition) is 1. The van der Waals surface area contributed by atoms with E-state index < -0.39 is 24.9 Å². The molecular weight excluding hydrogens is 477 g/mol. The van der Waals surface area contributed by atoms with Crippen molar-refractivity contribution in [3.05, 3.63) is 58.6 Å². The number of amides is 1. The lowest BCUT2D eigenvalue weighted by molar-refractivity contribution is -0.207. The number of benzene rings is 2. The molecule has 0 aliphatic carbocycles. The molecule has 1 aliphatic heterocycles. The highest BCUT2D eigenvalue weighted by Gasteiger charge is 2.44. The topological polar surface area (TPSA) is 50.8 Å². The maximum atomic E-state index is 13.6. The van der Waals surface area contributed by atoms with Crippen molar-refractivity contribution in [1.82, 2.24) is 4.90 Å². The third-order valence-electron chi connectivity index (χ3n) is 5.20. The van der Waals surface area contributed by atoms with Crippen LogP contribution in [0.5, 0.6) is 5.75 Å². The van der Waals surface area contributed by atoms with Crippen molar-refractivity contribution in [2.24, 2.45) is 0 Å². The number of nitrogens with zero attached hydrogens (tertiary/aromatic N) is 1. The summed E-state index contributed by atoms with van der Waals surface area (Å²) in [6.07, 6.45) is -6.37. The van der Waals surface area contributed by atoms with Crippen LogP contribution in [0.3, 0.4) is 0 Å². The predicted molar refractivity (Wildman–Crippen MR) is 115 cm³/mol. The summed E-state index contributed by atoms with van der Waals surface area (Å²) < 4.78 is 51.6. The Morgan fingerprint density at radius 1 is 1.26 bits per heavy atom. The molecule has 0 aromatic heterocycles. The van der Waals surface area contributed by atoms with E-state index in [0.29, 0.717) is 18.8 Å². The summed E-state index contributed by atoms with van der Waals surface area (Å²) in [5, 5.41) is 2.34. The van der Waals surface area contributed by atoms with Crippen molar-refractivity contribution in [2.45, 2.75) is 31.0 Å². The van der Waals surface area contributed by atoms with Crippen molar-refractivity contribution in [1.29, 1.82) is 0 Å². The number of carbonyl (C=O) groups is 1. The van der Waals surface area contributed by atoms with Crippen LogP contribution >= 0.6 is 15.9 Å². The van der Waals surface area contributed by atoms with E-state index in [0.717, 1.165) is 28.6 Å². The average Bonchev–Trinajstić information content (AvgIpc) is 2.74. The van der Waals surface area contributed by atoms with Crippen LogP contribution in [0.15, 0.2) is 53.0 Å². The van der Waals surface area contributed by atoms with Crippen LogP contribution in [0, 0.1) is 0 Å². The van der Waals surface area contributed by atoms with Gasteiger partial charge in [0.1, 0.15) is 5.75 Å². The second-order valence-electron chi connectivity index (χ2n) is 7.44. The molecule has 2 aromatic rings. The maximum absolute atomic E-state index is 13.6. The van der Waals surface area contributed by atoms with Crippen LogP contribution in [0.1, 0.15) is 24.3 Å². The first kappa shape index (κ1) is 23.4. The molecule has 168 valence electrons. The Morgan fingerprint density at radius 2 is 2.00 bits per heavy atom. The van der Waals surface area contributed by atoms with E-state index in [1.165, 1.54) is 0 Å². The fourth-order valence-electron chi connectivity index (χ4n) is 3.64. The van der Waals surface area contributed by atoms with E-state index in [9.17, 15) is 18.0 Å². The molecule has 1 heterocycles. The van der Waals surface area contributed by atoms with Crippen LogP contribution < -0.4 is 10.1 Å². The molecule has 0 spiro atoms. The van der Waals surface area contributed by atoms with Crippen molar-refractivity contribution in [2.75, 3.05) is 32.1 Å². The SMILES string of the molecule is COc1cccc(C2CCCN(CC(OC(=O)Nc3ccc(Br)cc3)C(F)(F)F)C2)c1. The highest BCUT2D eigenvalue weighted by Crippen LogP contribution is 2.31. The van der Waals surface area contributed by atoms with Gasteiger partial charge in [0, 0.05) is 23.2 Å². The Kier molecular flexibility index (Phi) is 7.83. The van der Waals surface area contributed by atoms with Gasteiger partial charge in [-0.2, -0.15) is 13.2 Å². The van der Waals surface area contributed by atoms with Crippen LogP contribution in [-0.2, 0) is 4.74 Å². The van der Waals surface area contributed by atoms with E-state index >= 15 is 0 Å². The largest absolute Gasteiger partial charge is 0.497 e. The molecule has 0 bridgehead atoms. The minimum Gasteiger partial charge on any atom is -0.497 e. The van der Waals surface area contributed by atoms with Crippen molar-refractivity contribution in [3.8, 4) is 5.75 Å². The van der Waals surface area contributed by atoms with Crippen LogP contribution in [0.25, 0.3) is 0 Å². The zero-order valence-corrected chi connectivity index (χ0v) is 18.6. The second-order valence-corrected chi connectivity index (χ2v) is 8.36. The summed E-state index contributed by atoms with van der Waals surface area (Å²) in [6, 6.07) is 14.1. The zero-order valence-electron chi connectivity index (χ0n) is 17.0. The summed E-state index contributed by atoms with van der Waals surface area (Å²) in [5.41, 5.74) is 1.38. The molecule has 2 unspecified atom stereocenters. The van der Waals surface area contributed by atoms with Crippen molar-refractivity contribution >= 4 is 27.7 Å². The summed E-state index contributed by atoms with van der Waals surface area (Å²) in [4.78, 5) is 13.8. The number of rotatable bonds is 6. The van der Waals surface area contributed by atoms with Gasteiger partial charge in [-0.15, -0.1) is 0 Å². The molecule has 1 N–H and O–H groups in total. The van der Waals surface area contributed by atoms with Gasteiger partial charge in [-0.05, 0) is 67.3 Å². The number of methoxy groups -OCH3 is 1. The normalized spacial score (nSPS) is 18.3. The number of halogens is 4. The Hall–Kier alpha value is -2.26. The zero-order chi connectivity index (χ0) is 22.4. The number of carbonyl (C=O) groups excluding carboxylic acids is 1. The monoisotopic (exact) mass is 500 g/mol. The quantitative estimate of drug-likeness (QED) is 0.543. The van der Waals surface area contributed by atoms with Gasteiger partial charge in [-0.3, -0.25) is 10.2 Å². The number of hydrogen-bond acceptors (Lipinski definition) is 4. The lowest BCUT2D eigenvalue weighted by atomic mass is 9.90. The third kappa shape index (κ3) is 6.87. The molecule has 0 radical (unpaired) electrons. The lowest BCUT2D eigenvalue weighted by Crippen LogP contribution is -2.47. The average molecular weight is 501 g/mol. The standard InChI is InChI=1S/C22H24BrF3N2O3/c1-30-19-6-2-4-15(12-19)16-5-3-11-28(13-16)14-20(22(24,25)26)31-21(29)27-18-9-7-17(23)8-10-18/h2,4,6-10,12,16,20H,3,5,11,13-14H2,1H3,(H,27,29). The third-order valence-corrected chi connectivity index (χ3v) is 5.73. The summed E-state index contributed by atoms with van der Waals surface area (Å²) in [7, 11) is 1.58. The summed E-state index contributed by atoms with van der Waals surface area (Å²) in [5.74, 6) is 0.810. The molecule has 2 aromatic carbocycles. The van der Waals surface area contributed by atoms with Gasteiger partial charge >= 0.3 is 12.3 Å². The molecule has 9 heteroatoms. The Balaban J connectivity index is 1.63. The van der Waals surface area contributed by atoms with Gasteiger partial charge in [-0.1, -0.05) is 28.1 Å².